The quantitative estimate of drug-likeness (QED) is 0.361. The highest BCUT2D eigenvalue weighted by Gasteiger charge is 2.23. The Balaban J connectivity index is 1.40. The van der Waals surface area contributed by atoms with Crippen molar-refractivity contribution >= 4 is 28.2 Å². The molecule has 0 unspecified atom stereocenters. The molecule has 1 aliphatic heterocycles. The molecule has 0 bridgehead atoms. The number of halogens is 2. The van der Waals surface area contributed by atoms with Crippen molar-refractivity contribution in [3.63, 3.8) is 0 Å². The van der Waals surface area contributed by atoms with Crippen LogP contribution in [0.1, 0.15) is 24.2 Å². The average molecular weight is 492 g/mol. The first-order valence-corrected chi connectivity index (χ1v) is 11.9. The minimum atomic E-state index is -0.732. The van der Waals surface area contributed by atoms with Crippen LogP contribution in [0, 0.1) is 11.6 Å². The van der Waals surface area contributed by atoms with Crippen molar-refractivity contribution in [2.24, 2.45) is 0 Å². The minimum Gasteiger partial charge on any atom is -0.494 e. The molecule has 186 valence electrons. The van der Waals surface area contributed by atoms with Gasteiger partial charge in [-0.2, -0.15) is 0 Å². The van der Waals surface area contributed by atoms with Gasteiger partial charge >= 0.3 is 0 Å². The standard InChI is InChI=1S/C27H27F2N5O2/c1-16(2)33-10-12-34(13-11-33)27(36)17-6-8-18(9-7-17)31-22-14-21(24-19(28)4-3-5-20(24)29)32-23-15-30-26(35)25(22)23/h3-9,14-16,30-31,35H,10-13H2,1-2H3. The summed E-state index contributed by atoms with van der Waals surface area (Å²) in [5.74, 6) is -1.60. The average Bonchev–Trinajstić information content (AvgIpc) is 3.25. The first-order valence-electron chi connectivity index (χ1n) is 11.9. The number of benzene rings is 2. The Morgan fingerprint density at radius 3 is 2.36 bits per heavy atom. The molecule has 36 heavy (non-hydrogen) atoms. The largest absolute Gasteiger partial charge is 0.494 e. The van der Waals surface area contributed by atoms with Crippen LogP contribution in [-0.4, -0.2) is 63.0 Å². The molecular formula is C27H27F2N5O2. The lowest BCUT2D eigenvalue weighted by Crippen LogP contribution is -2.50. The monoisotopic (exact) mass is 491 g/mol. The van der Waals surface area contributed by atoms with Crippen LogP contribution in [0.2, 0.25) is 0 Å². The van der Waals surface area contributed by atoms with Gasteiger partial charge < -0.3 is 20.3 Å². The topological polar surface area (TPSA) is 84.5 Å². The lowest BCUT2D eigenvalue weighted by atomic mass is 10.1. The number of amides is 1. The van der Waals surface area contributed by atoms with Crippen molar-refractivity contribution in [2.45, 2.75) is 19.9 Å². The molecule has 0 atom stereocenters. The molecule has 0 spiro atoms. The lowest BCUT2D eigenvalue weighted by molar-refractivity contribution is 0.0595. The zero-order valence-corrected chi connectivity index (χ0v) is 20.1. The number of anilines is 2. The van der Waals surface area contributed by atoms with Gasteiger partial charge in [-0.25, -0.2) is 13.8 Å². The number of pyridine rings is 1. The maximum Gasteiger partial charge on any atom is 0.253 e. The van der Waals surface area contributed by atoms with E-state index in [1.54, 1.807) is 24.3 Å². The summed E-state index contributed by atoms with van der Waals surface area (Å²) in [4.78, 5) is 24.2. The van der Waals surface area contributed by atoms with Crippen molar-refractivity contribution in [3.05, 3.63) is 71.9 Å². The molecule has 0 aliphatic carbocycles. The second-order valence-electron chi connectivity index (χ2n) is 9.17. The fourth-order valence-electron chi connectivity index (χ4n) is 4.57. The lowest BCUT2D eigenvalue weighted by Gasteiger charge is -2.37. The van der Waals surface area contributed by atoms with Gasteiger partial charge in [0.05, 0.1) is 27.8 Å². The Kier molecular flexibility index (Phi) is 6.32. The van der Waals surface area contributed by atoms with Gasteiger partial charge in [-0.05, 0) is 56.3 Å². The van der Waals surface area contributed by atoms with Gasteiger partial charge in [0.1, 0.15) is 11.6 Å². The van der Waals surface area contributed by atoms with Gasteiger partial charge in [0, 0.05) is 49.7 Å². The third kappa shape index (κ3) is 4.49. The summed E-state index contributed by atoms with van der Waals surface area (Å²) in [5.41, 5.74) is 1.83. The summed E-state index contributed by atoms with van der Waals surface area (Å²) in [6.07, 6.45) is 1.47. The number of rotatable bonds is 5. The van der Waals surface area contributed by atoms with Gasteiger partial charge in [0.2, 0.25) is 0 Å². The van der Waals surface area contributed by atoms with E-state index in [9.17, 15) is 18.7 Å². The van der Waals surface area contributed by atoms with E-state index in [1.165, 1.54) is 30.5 Å². The highest BCUT2D eigenvalue weighted by atomic mass is 19.1. The van der Waals surface area contributed by atoms with E-state index in [4.69, 9.17) is 0 Å². The van der Waals surface area contributed by atoms with E-state index >= 15 is 0 Å². The van der Waals surface area contributed by atoms with Crippen LogP contribution in [0.3, 0.4) is 0 Å². The summed E-state index contributed by atoms with van der Waals surface area (Å²) >= 11 is 0. The van der Waals surface area contributed by atoms with Gasteiger partial charge in [0.15, 0.2) is 5.88 Å². The summed E-state index contributed by atoms with van der Waals surface area (Å²) in [6.45, 7) is 7.40. The van der Waals surface area contributed by atoms with Gasteiger partial charge in [-0.15, -0.1) is 0 Å². The Labute approximate surface area is 207 Å². The van der Waals surface area contributed by atoms with Crippen LogP contribution < -0.4 is 5.32 Å². The van der Waals surface area contributed by atoms with Crippen LogP contribution in [0.4, 0.5) is 20.2 Å². The summed E-state index contributed by atoms with van der Waals surface area (Å²) in [6, 6.07) is 12.6. The Morgan fingerprint density at radius 2 is 1.72 bits per heavy atom. The zero-order valence-electron chi connectivity index (χ0n) is 20.1. The molecule has 1 fully saturated rings. The number of carbonyl (C=O) groups excluding carboxylic acids is 1. The van der Waals surface area contributed by atoms with Crippen molar-refractivity contribution < 1.29 is 18.7 Å². The maximum absolute atomic E-state index is 14.4. The predicted octanol–water partition coefficient (Wildman–Crippen LogP) is 5.12. The molecule has 4 aromatic rings. The van der Waals surface area contributed by atoms with Crippen LogP contribution in [0.5, 0.6) is 5.88 Å². The zero-order chi connectivity index (χ0) is 25.4. The fourth-order valence-corrected chi connectivity index (χ4v) is 4.57. The number of aromatic nitrogens is 2. The molecule has 3 N–H and O–H groups in total. The molecule has 3 heterocycles. The summed E-state index contributed by atoms with van der Waals surface area (Å²) in [7, 11) is 0. The molecule has 9 heteroatoms. The summed E-state index contributed by atoms with van der Waals surface area (Å²) < 4.78 is 28.9. The third-order valence-electron chi connectivity index (χ3n) is 6.59. The molecule has 1 saturated heterocycles. The molecule has 2 aromatic heterocycles. The molecule has 1 amide bonds. The number of carbonyl (C=O) groups is 1. The number of hydrogen-bond acceptors (Lipinski definition) is 5. The molecule has 5 rings (SSSR count). The molecule has 2 aromatic carbocycles. The highest BCUT2D eigenvalue weighted by Crippen LogP contribution is 2.36. The van der Waals surface area contributed by atoms with Crippen molar-refractivity contribution in [2.75, 3.05) is 31.5 Å². The van der Waals surface area contributed by atoms with Crippen molar-refractivity contribution in [1.82, 2.24) is 19.8 Å². The molecular weight excluding hydrogens is 464 g/mol. The predicted molar refractivity (Wildman–Crippen MR) is 135 cm³/mol. The first kappa shape index (κ1) is 23.7. The van der Waals surface area contributed by atoms with Crippen LogP contribution in [0.15, 0.2) is 54.7 Å². The van der Waals surface area contributed by atoms with E-state index in [2.05, 4.69) is 34.0 Å². The van der Waals surface area contributed by atoms with Gasteiger partial charge in [-0.3, -0.25) is 9.69 Å². The summed E-state index contributed by atoms with van der Waals surface area (Å²) in [5, 5.41) is 13.9. The second kappa shape index (κ2) is 9.58. The number of aromatic amines is 1. The fraction of sp³-hybridized carbons (Fsp3) is 0.259. The molecule has 0 saturated carbocycles. The van der Waals surface area contributed by atoms with E-state index in [1.807, 2.05) is 4.90 Å². The molecule has 7 nitrogen and oxygen atoms in total. The third-order valence-corrected chi connectivity index (χ3v) is 6.59. The number of hydrogen-bond donors (Lipinski definition) is 3. The minimum absolute atomic E-state index is 0.0168. The number of fused-ring (bicyclic) bond motifs is 1. The Bertz CT molecular complexity index is 1390. The first-order chi connectivity index (χ1) is 17.3. The Hall–Kier alpha value is -3.98. The number of aromatic hydroxyl groups is 1. The van der Waals surface area contributed by atoms with E-state index in [0.29, 0.717) is 47.0 Å². The van der Waals surface area contributed by atoms with Crippen molar-refractivity contribution in [1.29, 1.82) is 0 Å². The van der Waals surface area contributed by atoms with Crippen LogP contribution in [-0.2, 0) is 0 Å². The van der Waals surface area contributed by atoms with Crippen LogP contribution >= 0.6 is 0 Å². The number of H-pyrrole nitrogens is 1. The van der Waals surface area contributed by atoms with Gasteiger partial charge in [0.25, 0.3) is 5.91 Å². The maximum atomic E-state index is 14.4. The smallest absolute Gasteiger partial charge is 0.253 e. The Morgan fingerprint density at radius 1 is 1.06 bits per heavy atom. The van der Waals surface area contributed by atoms with E-state index < -0.39 is 11.6 Å². The van der Waals surface area contributed by atoms with Crippen molar-refractivity contribution in [3.8, 4) is 17.1 Å². The van der Waals surface area contributed by atoms with E-state index in [0.717, 1.165) is 13.1 Å². The van der Waals surface area contributed by atoms with Gasteiger partial charge in [-0.1, -0.05) is 6.07 Å². The molecule has 0 radical (unpaired) electrons. The van der Waals surface area contributed by atoms with E-state index in [-0.39, 0.29) is 23.0 Å². The number of nitrogens with one attached hydrogen (secondary N) is 2. The SMILES string of the molecule is CC(C)N1CCN(C(=O)c2ccc(Nc3cc(-c4c(F)cccc4F)nc4c[nH]c(O)c34)cc2)CC1. The highest BCUT2D eigenvalue weighted by molar-refractivity contribution is 5.99. The van der Waals surface area contributed by atoms with Crippen LogP contribution in [0.25, 0.3) is 22.2 Å². The number of piperazine rings is 1. The second-order valence-corrected chi connectivity index (χ2v) is 9.17. The number of nitrogens with zero attached hydrogens (tertiary/aromatic N) is 3. The normalized spacial score (nSPS) is 14.5. The molecule has 1 aliphatic rings.